The molecule has 184 valence electrons. The first kappa shape index (κ1) is 25.0. The van der Waals surface area contributed by atoms with Gasteiger partial charge in [-0.1, -0.05) is 136 Å². The molecule has 0 atom stereocenters. The number of unbranched alkanes of at least 4 members (excludes halogenated alkanes) is 5. The zero-order chi connectivity index (χ0) is 25.1. The summed E-state index contributed by atoms with van der Waals surface area (Å²) in [6.45, 7) is 6.96. The molecule has 0 heterocycles. The second-order valence-electron chi connectivity index (χ2n) is 10.9. The molecular formula is C35H37Br. The molecule has 0 saturated carbocycles. The molecule has 0 saturated heterocycles. The van der Waals surface area contributed by atoms with Crippen molar-refractivity contribution in [1.29, 1.82) is 0 Å². The Hall–Kier alpha value is -2.64. The van der Waals surface area contributed by atoms with Crippen molar-refractivity contribution in [1.82, 2.24) is 0 Å². The van der Waals surface area contributed by atoms with Crippen LogP contribution in [-0.4, -0.2) is 0 Å². The van der Waals surface area contributed by atoms with Crippen LogP contribution >= 0.6 is 15.9 Å². The maximum absolute atomic E-state index is 3.66. The van der Waals surface area contributed by atoms with Crippen LogP contribution in [0.25, 0.3) is 33.4 Å². The van der Waals surface area contributed by atoms with Gasteiger partial charge in [0.05, 0.1) is 0 Å². The molecule has 0 nitrogen and oxygen atoms in total. The lowest BCUT2D eigenvalue weighted by Crippen LogP contribution is -2.15. The third kappa shape index (κ3) is 5.09. The molecule has 0 aliphatic heterocycles. The Morgan fingerprint density at radius 2 is 1.06 bits per heavy atom. The molecule has 0 amide bonds. The first-order valence-corrected chi connectivity index (χ1v) is 14.4. The molecule has 0 N–H and O–H groups in total. The summed E-state index contributed by atoms with van der Waals surface area (Å²) in [6.07, 6.45) is 9.32. The number of hydrogen-bond donors (Lipinski definition) is 0. The van der Waals surface area contributed by atoms with E-state index in [0.29, 0.717) is 0 Å². The van der Waals surface area contributed by atoms with Crippen molar-refractivity contribution in [2.75, 3.05) is 0 Å². The second-order valence-corrected chi connectivity index (χ2v) is 11.8. The van der Waals surface area contributed by atoms with E-state index in [2.05, 4.69) is 122 Å². The highest BCUT2D eigenvalue weighted by Crippen LogP contribution is 2.50. The van der Waals surface area contributed by atoms with Crippen LogP contribution in [0.4, 0.5) is 0 Å². The summed E-state index contributed by atoms with van der Waals surface area (Å²) in [7, 11) is 0. The molecule has 1 aliphatic rings. The van der Waals surface area contributed by atoms with Gasteiger partial charge in [-0.15, -0.1) is 0 Å². The van der Waals surface area contributed by atoms with Crippen molar-refractivity contribution in [3.8, 4) is 33.4 Å². The second kappa shape index (κ2) is 10.8. The Morgan fingerprint density at radius 1 is 0.556 bits per heavy atom. The Kier molecular flexibility index (Phi) is 7.49. The van der Waals surface area contributed by atoms with E-state index in [4.69, 9.17) is 0 Å². The van der Waals surface area contributed by atoms with Gasteiger partial charge in [0, 0.05) is 9.89 Å². The third-order valence-corrected chi connectivity index (χ3v) is 8.46. The molecule has 0 bridgehead atoms. The highest BCUT2D eigenvalue weighted by Gasteiger charge is 2.35. The normalized spacial score (nSPS) is 13.4. The van der Waals surface area contributed by atoms with Crippen molar-refractivity contribution in [2.24, 2.45) is 0 Å². The quantitative estimate of drug-likeness (QED) is 0.186. The number of halogens is 1. The number of rotatable bonds is 9. The molecule has 1 aliphatic carbocycles. The van der Waals surface area contributed by atoms with Gasteiger partial charge < -0.3 is 0 Å². The van der Waals surface area contributed by atoms with E-state index >= 15 is 0 Å². The van der Waals surface area contributed by atoms with E-state index in [1.807, 2.05) is 0 Å². The SMILES string of the molecule is CCCCCCCCc1ccc(-c2ccc(-c3ccc4c(c3)C(C)(C)c3cc(Br)ccc3-4)cc2)cc1. The van der Waals surface area contributed by atoms with Crippen LogP contribution in [-0.2, 0) is 11.8 Å². The van der Waals surface area contributed by atoms with Crippen LogP contribution in [0.15, 0.2) is 89.4 Å². The van der Waals surface area contributed by atoms with Gasteiger partial charge in [-0.05, 0) is 81.1 Å². The summed E-state index contributed by atoms with van der Waals surface area (Å²) in [5, 5.41) is 0. The molecule has 0 aromatic heterocycles. The van der Waals surface area contributed by atoms with Crippen molar-refractivity contribution in [3.05, 3.63) is 106 Å². The lowest BCUT2D eigenvalue weighted by Gasteiger charge is -2.22. The van der Waals surface area contributed by atoms with E-state index < -0.39 is 0 Å². The molecule has 4 aromatic rings. The third-order valence-electron chi connectivity index (χ3n) is 7.96. The minimum absolute atomic E-state index is 0.00164. The van der Waals surface area contributed by atoms with Gasteiger partial charge in [0.2, 0.25) is 0 Å². The average molecular weight is 538 g/mol. The summed E-state index contributed by atoms with van der Waals surface area (Å²) >= 11 is 3.66. The van der Waals surface area contributed by atoms with Gasteiger partial charge in [0.25, 0.3) is 0 Å². The molecule has 0 spiro atoms. The van der Waals surface area contributed by atoms with E-state index in [-0.39, 0.29) is 5.41 Å². The van der Waals surface area contributed by atoms with Crippen LogP contribution in [0.2, 0.25) is 0 Å². The fourth-order valence-corrected chi connectivity index (χ4v) is 6.08. The van der Waals surface area contributed by atoms with Gasteiger partial charge in [-0.3, -0.25) is 0 Å². The highest BCUT2D eigenvalue weighted by atomic mass is 79.9. The minimum Gasteiger partial charge on any atom is -0.0654 e. The number of fused-ring (bicyclic) bond motifs is 3. The summed E-state index contributed by atoms with van der Waals surface area (Å²) in [5.41, 5.74) is 12.1. The van der Waals surface area contributed by atoms with Crippen LogP contribution in [0.3, 0.4) is 0 Å². The molecule has 0 fully saturated rings. The van der Waals surface area contributed by atoms with Crippen molar-refractivity contribution >= 4 is 15.9 Å². The first-order chi connectivity index (χ1) is 17.5. The fraction of sp³-hybridized carbons (Fsp3) is 0.314. The molecular weight excluding hydrogens is 500 g/mol. The summed E-state index contributed by atoms with van der Waals surface area (Å²) in [5.74, 6) is 0. The van der Waals surface area contributed by atoms with Crippen molar-refractivity contribution in [3.63, 3.8) is 0 Å². The monoisotopic (exact) mass is 536 g/mol. The molecule has 4 aromatic carbocycles. The highest BCUT2D eigenvalue weighted by molar-refractivity contribution is 9.10. The molecule has 0 unspecified atom stereocenters. The zero-order valence-electron chi connectivity index (χ0n) is 21.9. The number of hydrogen-bond acceptors (Lipinski definition) is 0. The standard InChI is InChI=1S/C35H37Br/c1-4-5-6-7-8-9-10-25-11-13-26(14-12-25)27-15-17-28(18-16-27)29-19-21-31-32-22-20-30(36)24-34(32)35(2,3)33(31)23-29/h11-24H,4-10H2,1-3H3. The van der Waals surface area contributed by atoms with Crippen molar-refractivity contribution in [2.45, 2.75) is 71.1 Å². The van der Waals surface area contributed by atoms with Gasteiger partial charge in [-0.2, -0.15) is 0 Å². The lowest BCUT2D eigenvalue weighted by atomic mass is 9.81. The number of aryl methyl sites for hydroxylation is 1. The van der Waals surface area contributed by atoms with Crippen LogP contribution in [0.1, 0.15) is 76.0 Å². The summed E-state index contributed by atoms with van der Waals surface area (Å²) in [4.78, 5) is 0. The maximum Gasteiger partial charge on any atom is 0.0178 e. The van der Waals surface area contributed by atoms with Gasteiger partial charge in [0.15, 0.2) is 0 Å². The maximum atomic E-state index is 3.66. The molecule has 0 radical (unpaired) electrons. The summed E-state index contributed by atoms with van der Waals surface area (Å²) in [6, 6.07) is 31.9. The first-order valence-electron chi connectivity index (χ1n) is 13.6. The largest absolute Gasteiger partial charge is 0.0654 e. The van der Waals surface area contributed by atoms with Gasteiger partial charge >= 0.3 is 0 Å². The van der Waals surface area contributed by atoms with Crippen LogP contribution < -0.4 is 0 Å². The van der Waals surface area contributed by atoms with E-state index in [0.717, 1.165) is 4.47 Å². The average Bonchev–Trinajstić information content (AvgIpc) is 3.12. The smallest absolute Gasteiger partial charge is 0.0178 e. The van der Waals surface area contributed by atoms with E-state index in [1.54, 1.807) is 0 Å². The Labute approximate surface area is 225 Å². The Morgan fingerprint density at radius 3 is 1.72 bits per heavy atom. The van der Waals surface area contributed by atoms with Crippen LogP contribution in [0.5, 0.6) is 0 Å². The lowest BCUT2D eigenvalue weighted by molar-refractivity contribution is 0.607. The molecule has 36 heavy (non-hydrogen) atoms. The Balaban J connectivity index is 1.28. The van der Waals surface area contributed by atoms with Gasteiger partial charge in [-0.25, -0.2) is 0 Å². The fourth-order valence-electron chi connectivity index (χ4n) is 5.72. The summed E-state index contributed by atoms with van der Waals surface area (Å²) < 4.78 is 1.15. The van der Waals surface area contributed by atoms with Crippen LogP contribution in [0, 0.1) is 0 Å². The predicted octanol–water partition coefficient (Wildman–Crippen LogP) is 11.0. The zero-order valence-corrected chi connectivity index (χ0v) is 23.5. The van der Waals surface area contributed by atoms with E-state index in [9.17, 15) is 0 Å². The van der Waals surface area contributed by atoms with Gasteiger partial charge in [0.1, 0.15) is 0 Å². The topological polar surface area (TPSA) is 0 Å². The predicted molar refractivity (Wildman–Crippen MR) is 160 cm³/mol. The van der Waals surface area contributed by atoms with Crippen molar-refractivity contribution < 1.29 is 0 Å². The van der Waals surface area contributed by atoms with E-state index in [1.165, 1.54) is 95.0 Å². The number of benzene rings is 4. The molecule has 1 heteroatoms. The minimum atomic E-state index is 0.00164. The Bertz CT molecular complexity index is 1330. The molecule has 5 rings (SSSR count).